The second-order valence-corrected chi connectivity index (χ2v) is 3.73. The van der Waals surface area contributed by atoms with E-state index in [1.54, 1.807) is 24.3 Å². The van der Waals surface area contributed by atoms with Gasteiger partial charge in [0.1, 0.15) is 0 Å². The maximum atomic E-state index is 12.5. The Hall–Kier alpha value is -1.32. The molecular formula is C11H9F3O. The zero-order chi connectivity index (χ0) is 11.1. The summed E-state index contributed by atoms with van der Waals surface area (Å²) in [5, 5.41) is 0. The van der Waals surface area contributed by atoms with Gasteiger partial charge in [-0.25, -0.2) is 0 Å². The molecule has 0 fully saturated rings. The molecule has 0 saturated carbocycles. The molecule has 0 amide bonds. The normalized spacial score (nSPS) is 21.3. The molecule has 1 aromatic rings. The van der Waals surface area contributed by atoms with Crippen LogP contribution in [0.3, 0.4) is 0 Å². The Kier molecular flexibility index (Phi) is 2.29. The van der Waals surface area contributed by atoms with Crippen molar-refractivity contribution in [2.75, 3.05) is 0 Å². The van der Waals surface area contributed by atoms with Gasteiger partial charge in [0, 0.05) is 12.0 Å². The molecule has 0 spiro atoms. The monoisotopic (exact) mass is 214 g/mol. The van der Waals surface area contributed by atoms with Crippen molar-refractivity contribution in [1.82, 2.24) is 0 Å². The van der Waals surface area contributed by atoms with Gasteiger partial charge in [0.05, 0.1) is 5.92 Å². The summed E-state index contributed by atoms with van der Waals surface area (Å²) in [5.74, 6) is -1.92. The minimum atomic E-state index is -4.27. The lowest BCUT2D eigenvalue weighted by Gasteiger charge is -2.25. The van der Waals surface area contributed by atoms with Gasteiger partial charge < -0.3 is 0 Å². The van der Waals surface area contributed by atoms with Crippen LogP contribution in [0.15, 0.2) is 24.3 Å². The second-order valence-electron chi connectivity index (χ2n) is 3.73. The summed E-state index contributed by atoms with van der Waals surface area (Å²) < 4.78 is 37.4. The van der Waals surface area contributed by atoms with Crippen LogP contribution < -0.4 is 0 Å². The fourth-order valence-corrected chi connectivity index (χ4v) is 1.87. The largest absolute Gasteiger partial charge is 0.392 e. The predicted molar refractivity (Wildman–Crippen MR) is 48.6 cm³/mol. The standard InChI is InChI=1S/C11H9F3O/c12-11(13,14)8-5-7-3-1-2-4-9(7)10(15)6-8/h1-4,8H,5-6H2. The highest BCUT2D eigenvalue weighted by Gasteiger charge is 2.43. The Balaban J connectivity index is 2.35. The highest BCUT2D eigenvalue weighted by atomic mass is 19.4. The molecule has 1 nitrogen and oxygen atoms in total. The number of ketones is 1. The molecule has 1 aliphatic carbocycles. The van der Waals surface area contributed by atoms with Gasteiger partial charge in [-0.2, -0.15) is 13.2 Å². The fourth-order valence-electron chi connectivity index (χ4n) is 1.87. The SMILES string of the molecule is O=C1CC(C(F)(F)F)Cc2ccccc21. The van der Waals surface area contributed by atoms with Gasteiger partial charge in [0.15, 0.2) is 5.78 Å². The Bertz CT molecular complexity index is 395. The molecule has 4 heteroatoms. The maximum absolute atomic E-state index is 12.5. The van der Waals surface area contributed by atoms with Crippen molar-refractivity contribution in [2.45, 2.75) is 19.0 Å². The average molecular weight is 214 g/mol. The zero-order valence-corrected chi connectivity index (χ0v) is 7.84. The lowest BCUT2D eigenvalue weighted by molar-refractivity contribution is -0.174. The Morgan fingerprint density at radius 2 is 1.80 bits per heavy atom. The van der Waals surface area contributed by atoms with Crippen molar-refractivity contribution in [1.29, 1.82) is 0 Å². The number of hydrogen-bond donors (Lipinski definition) is 0. The Morgan fingerprint density at radius 1 is 1.13 bits per heavy atom. The molecule has 15 heavy (non-hydrogen) atoms. The smallest absolute Gasteiger partial charge is 0.294 e. The van der Waals surface area contributed by atoms with Crippen LogP contribution in [-0.4, -0.2) is 12.0 Å². The summed E-state index contributed by atoms with van der Waals surface area (Å²) in [6, 6.07) is 6.50. The number of Topliss-reactive ketones (excluding diaryl/α,β-unsaturated/α-hetero) is 1. The van der Waals surface area contributed by atoms with Gasteiger partial charge in [-0.15, -0.1) is 0 Å². The summed E-state index contributed by atoms with van der Waals surface area (Å²) in [7, 11) is 0. The number of carbonyl (C=O) groups is 1. The van der Waals surface area contributed by atoms with E-state index >= 15 is 0 Å². The highest BCUT2D eigenvalue weighted by molar-refractivity contribution is 5.98. The third-order valence-electron chi connectivity index (χ3n) is 2.68. The summed E-state index contributed by atoms with van der Waals surface area (Å²) >= 11 is 0. The van der Waals surface area contributed by atoms with Gasteiger partial charge in [-0.05, 0) is 12.0 Å². The third-order valence-corrected chi connectivity index (χ3v) is 2.68. The molecule has 0 heterocycles. The van der Waals surface area contributed by atoms with Crippen LogP contribution in [0.2, 0.25) is 0 Å². The quantitative estimate of drug-likeness (QED) is 0.648. The van der Waals surface area contributed by atoms with Crippen molar-refractivity contribution in [3.8, 4) is 0 Å². The molecule has 80 valence electrons. The highest BCUT2D eigenvalue weighted by Crippen LogP contribution is 2.36. The van der Waals surface area contributed by atoms with Gasteiger partial charge in [0.25, 0.3) is 0 Å². The second kappa shape index (κ2) is 3.36. The minimum absolute atomic E-state index is 0.0780. The van der Waals surface area contributed by atoms with E-state index in [-0.39, 0.29) is 6.42 Å². The zero-order valence-electron chi connectivity index (χ0n) is 7.84. The summed E-state index contributed by atoms with van der Waals surface area (Å²) in [6.07, 6.45) is -4.77. The number of benzene rings is 1. The molecule has 1 aromatic carbocycles. The first-order chi connectivity index (χ1) is 6.98. The number of carbonyl (C=O) groups excluding carboxylic acids is 1. The van der Waals surface area contributed by atoms with E-state index in [9.17, 15) is 18.0 Å². The first-order valence-corrected chi connectivity index (χ1v) is 4.66. The van der Waals surface area contributed by atoms with E-state index in [0.717, 1.165) is 0 Å². The first-order valence-electron chi connectivity index (χ1n) is 4.66. The first kappa shape index (κ1) is 10.2. The van der Waals surface area contributed by atoms with Crippen LogP contribution in [0.4, 0.5) is 13.2 Å². The molecule has 0 N–H and O–H groups in total. The van der Waals surface area contributed by atoms with E-state index in [4.69, 9.17) is 0 Å². The fraction of sp³-hybridized carbons (Fsp3) is 0.364. The van der Waals surface area contributed by atoms with Crippen LogP contribution in [0.1, 0.15) is 22.3 Å². The lowest BCUT2D eigenvalue weighted by Crippen LogP contribution is -2.31. The van der Waals surface area contributed by atoms with Crippen molar-refractivity contribution in [3.63, 3.8) is 0 Å². The van der Waals surface area contributed by atoms with Crippen LogP contribution in [0.25, 0.3) is 0 Å². The topological polar surface area (TPSA) is 17.1 Å². The van der Waals surface area contributed by atoms with Crippen molar-refractivity contribution >= 4 is 5.78 Å². The van der Waals surface area contributed by atoms with Gasteiger partial charge in [-0.1, -0.05) is 24.3 Å². The number of halogens is 3. The van der Waals surface area contributed by atoms with E-state index in [1.807, 2.05) is 0 Å². The van der Waals surface area contributed by atoms with Crippen LogP contribution in [-0.2, 0) is 6.42 Å². The molecule has 0 aliphatic heterocycles. The summed E-state index contributed by atoms with van der Waals surface area (Å²) in [5.41, 5.74) is 0.953. The summed E-state index contributed by atoms with van der Waals surface area (Å²) in [4.78, 5) is 11.4. The molecule has 0 radical (unpaired) electrons. The number of hydrogen-bond acceptors (Lipinski definition) is 1. The van der Waals surface area contributed by atoms with Gasteiger partial charge in [-0.3, -0.25) is 4.79 Å². The molecule has 1 atom stereocenters. The van der Waals surface area contributed by atoms with Crippen LogP contribution in [0, 0.1) is 5.92 Å². The van der Waals surface area contributed by atoms with E-state index < -0.39 is 24.3 Å². The van der Waals surface area contributed by atoms with Crippen molar-refractivity contribution in [2.24, 2.45) is 5.92 Å². The van der Waals surface area contributed by atoms with Gasteiger partial charge in [0.2, 0.25) is 0 Å². The van der Waals surface area contributed by atoms with Gasteiger partial charge >= 0.3 is 6.18 Å². The summed E-state index contributed by atoms with van der Waals surface area (Å²) in [6.45, 7) is 0. The third kappa shape index (κ3) is 1.89. The van der Waals surface area contributed by atoms with Crippen LogP contribution in [0.5, 0.6) is 0 Å². The van der Waals surface area contributed by atoms with E-state index in [1.165, 1.54) is 0 Å². The molecule has 0 bridgehead atoms. The van der Waals surface area contributed by atoms with E-state index in [0.29, 0.717) is 11.1 Å². The lowest BCUT2D eigenvalue weighted by atomic mass is 9.83. The van der Waals surface area contributed by atoms with E-state index in [2.05, 4.69) is 0 Å². The molecular weight excluding hydrogens is 205 g/mol. The number of alkyl halides is 3. The number of rotatable bonds is 0. The molecule has 0 saturated heterocycles. The van der Waals surface area contributed by atoms with Crippen LogP contribution >= 0.6 is 0 Å². The van der Waals surface area contributed by atoms with Crippen molar-refractivity contribution in [3.05, 3.63) is 35.4 Å². The Labute approximate surface area is 84.9 Å². The number of fused-ring (bicyclic) bond motifs is 1. The average Bonchev–Trinajstić information content (AvgIpc) is 2.16. The molecule has 1 unspecified atom stereocenters. The molecule has 1 aliphatic rings. The Morgan fingerprint density at radius 3 is 2.47 bits per heavy atom. The maximum Gasteiger partial charge on any atom is 0.392 e. The molecule has 0 aromatic heterocycles. The van der Waals surface area contributed by atoms with Crippen molar-refractivity contribution < 1.29 is 18.0 Å². The molecule has 2 rings (SSSR count). The minimum Gasteiger partial charge on any atom is -0.294 e. The predicted octanol–water partition coefficient (Wildman–Crippen LogP) is 2.99.